The minimum Gasteiger partial charge on any atom is -0.397 e. The van der Waals surface area contributed by atoms with Crippen molar-refractivity contribution in [3.05, 3.63) is 53.7 Å². The molecule has 4 aromatic rings. The minimum absolute atomic E-state index is 0.575. The van der Waals surface area contributed by atoms with Gasteiger partial charge in [-0.05, 0) is 24.6 Å². The highest BCUT2D eigenvalue weighted by molar-refractivity contribution is 7.98. The maximum atomic E-state index is 6.41. The molecule has 0 atom stereocenters. The quantitative estimate of drug-likeness (QED) is 0.455. The van der Waals surface area contributed by atoms with Gasteiger partial charge in [0, 0.05) is 24.4 Å². The number of rotatable bonds is 7. The topological polar surface area (TPSA) is 78.8 Å². The third-order valence-electron chi connectivity index (χ3n) is 4.39. The molecule has 8 heteroatoms. The summed E-state index contributed by atoms with van der Waals surface area (Å²) in [7, 11) is 1.70. The number of aryl methyl sites for hydroxylation is 1. The van der Waals surface area contributed by atoms with Crippen LogP contribution in [-0.2, 0) is 17.0 Å². The van der Waals surface area contributed by atoms with Crippen LogP contribution < -0.4 is 5.73 Å². The first kappa shape index (κ1) is 18.9. The van der Waals surface area contributed by atoms with Crippen molar-refractivity contribution in [1.29, 1.82) is 0 Å². The van der Waals surface area contributed by atoms with Crippen LogP contribution in [0.4, 0.5) is 5.69 Å². The Labute approximate surface area is 171 Å². The lowest BCUT2D eigenvalue weighted by Gasteiger charge is -2.09. The maximum Gasteiger partial charge on any atom is 0.191 e. The normalized spacial score (nSPS) is 11.4. The Bertz CT molecular complexity index is 1110. The van der Waals surface area contributed by atoms with Crippen molar-refractivity contribution in [2.75, 3.05) is 19.5 Å². The lowest BCUT2D eigenvalue weighted by molar-refractivity contribution is 0.185. The zero-order valence-electron chi connectivity index (χ0n) is 15.8. The summed E-state index contributed by atoms with van der Waals surface area (Å²) in [5.41, 5.74) is 9.63. The molecule has 144 valence electrons. The molecule has 0 aliphatic rings. The number of thioether (sulfide) groups is 1. The molecular formula is C20H21N5OS2. The monoisotopic (exact) mass is 411 g/mol. The second-order valence-electron chi connectivity index (χ2n) is 6.43. The molecule has 0 saturated heterocycles. The number of thiophene rings is 1. The van der Waals surface area contributed by atoms with Gasteiger partial charge < -0.3 is 10.5 Å². The van der Waals surface area contributed by atoms with Crippen LogP contribution in [0.5, 0.6) is 0 Å². The number of methoxy groups -OCH3 is 1. The molecule has 3 aromatic heterocycles. The number of fused-ring (bicyclic) bond motifs is 1. The van der Waals surface area contributed by atoms with Crippen LogP contribution in [-0.4, -0.2) is 33.5 Å². The number of benzene rings is 1. The molecule has 4 rings (SSSR count). The summed E-state index contributed by atoms with van der Waals surface area (Å²) in [4.78, 5) is 6.23. The Morgan fingerprint density at radius 1 is 1.21 bits per heavy atom. The molecule has 0 unspecified atom stereocenters. The Morgan fingerprint density at radius 2 is 2.11 bits per heavy atom. The number of anilines is 1. The van der Waals surface area contributed by atoms with E-state index in [-0.39, 0.29) is 0 Å². The molecule has 0 aliphatic heterocycles. The highest BCUT2D eigenvalue weighted by Gasteiger charge is 2.20. The van der Waals surface area contributed by atoms with E-state index in [1.54, 1.807) is 36.4 Å². The number of hydrogen-bond donors (Lipinski definition) is 1. The SMILES string of the molecule is COCCn1c(SCc2cccc(C)c2)nnc1-c1sc2ncccc2c1N. The molecule has 0 fully saturated rings. The number of nitrogens with two attached hydrogens (primary N) is 1. The van der Waals surface area contributed by atoms with Crippen molar-refractivity contribution in [1.82, 2.24) is 19.7 Å². The van der Waals surface area contributed by atoms with E-state index in [0.29, 0.717) is 18.8 Å². The summed E-state index contributed by atoms with van der Waals surface area (Å²) in [5, 5.41) is 10.7. The van der Waals surface area contributed by atoms with Crippen LogP contribution in [0.3, 0.4) is 0 Å². The summed E-state index contributed by atoms with van der Waals surface area (Å²) < 4.78 is 7.39. The molecule has 28 heavy (non-hydrogen) atoms. The second kappa shape index (κ2) is 8.30. The fourth-order valence-corrected chi connectivity index (χ4v) is 4.98. The largest absolute Gasteiger partial charge is 0.397 e. The third-order valence-corrected chi connectivity index (χ3v) is 6.56. The molecule has 0 amide bonds. The zero-order chi connectivity index (χ0) is 19.5. The Kier molecular flexibility index (Phi) is 5.61. The number of pyridine rings is 1. The first-order valence-electron chi connectivity index (χ1n) is 8.91. The van der Waals surface area contributed by atoms with Gasteiger partial charge in [0.1, 0.15) is 4.83 Å². The average Bonchev–Trinajstić information content (AvgIpc) is 3.25. The van der Waals surface area contributed by atoms with Gasteiger partial charge in [0.05, 0.1) is 23.7 Å². The highest BCUT2D eigenvalue weighted by Crippen LogP contribution is 2.40. The van der Waals surface area contributed by atoms with E-state index in [1.807, 2.05) is 12.1 Å². The van der Waals surface area contributed by atoms with Crippen LogP contribution in [0, 0.1) is 6.92 Å². The van der Waals surface area contributed by atoms with Crippen molar-refractivity contribution in [2.45, 2.75) is 24.4 Å². The number of ether oxygens (including phenoxy) is 1. The van der Waals surface area contributed by atoms with Crippen molar-refractivity contribution < 1.29 is 4.74 Å². The molecule has 0 spiro atoms. The molecule has 1 aromatic carbocycles. The standard InChI is InChI=1S/C20H21N5OS2/c1-13-5-3-6-14(11-13)12-27-20-24-23-18(25(20)9-10-26-2)17-16(21)15-7-4-8-22-19(15)28-17/h3-8,11H,9-10,12,21H2,1-2H3. The van der Waals surface area contributed by atoms with Gasteiger partial charge in [0.25, 0.3) is 0 Å². The van der Waals surface area contributed by atoms with E-state index in [2.05, 4.69) is 50.9 Å². The Morgan fingerprint density at radius 3 is 2.89 bits per heavy atom. The van der Waals surface area contributed by atoms with E-state index in [1.165, 1.54) is 11.1 Å². The molecule has 0 radical (unpaired) electrons. The lowest BCUT2D eigenvalue weighted by atomic mass is 10.2. The van der Waals surface area contributed by atoms with Crippen molar-refractivity contribution >= 4 is 39.0 Å². The number of aromatic nitrogens is 4. The van der Waals surface area contributed by atoms with Gasteiger partial charge in [-0.1, -0.05) is 41.6 Å². The fraction of sp³-hybridized carbons (Fsp3) is 0.250. The number of hydrogen-bond acceptors (Lipinski definition) is 7. The summed E-state index contributed by atoms with van der Waals surface area (Å²) in [6, 6.07) is 12.4. The molecule has 2 N–H and O–H groups in total. The smallest absolute Gasteiger partial charge is 0.191 e. The summed E-state index contributed by atoms with van der Waals surface area (Å²) in [6.45, 7) is 3.34. The summed E-state index contributed by atoms with van der Waals surface area (Å²) in [6.07, 6.45) is 1.78. The van der Waals surface area contributed by atoms with Gasteiger partial charge in [0.2, 0.25) is 0 Å². The molecule has 0 saturated carbocycles. The van der Waals surface area contributed by atoms with E-state index in [4.69, 9.17) is 10.5 Å². The third kappa shape index (κ3) is 3.76. The summed E-state index contributed by atoms with van der Waals surface area (Å²) in [5.74, 6) is 1.60. The first-order valence-corrected chi connectivity index (χ1v) is 10.7. The Hall–Kier alpha value is -2.42. The molecule has 0 bridgehead atoms. The predicted molar refractivity (Wildman–Crippen MR) is 116 cm³/mol. The van der Waals surface area contributed by atoms with Gasteiger partial charge in [-0.3, -0.25) is 4.57 Å². The molecule has 3 heterocycles. The van der Waals surface area contributed by atoms with Crippen LogP contribution in [0.2, 0.25) is 0 Å². The first-order chi connectivity index (χ1) is 13.7. The van der Waals surface area contributed by atoms with Crippen LogP contribution in [0.15, 0.2) is 47.8 Å². The van der Waals surface area contributed by atoms with Gasteiger partial charge >= 0.3 is 0 Å². The Balaban J connectivity index is 1.68. The molecular weight excluding hydrogens is 390 g/mol. The fourth-order valence-electron chi connectivity index (χ4n) is 3.01. The van der Waals surface area contributed by atoms with E-state index < -0.39 is 0 Å². The van der Waals surface area contributed by atoms with Crippen molar-refractivity contribution in [2.24, 2.45) is 0 Å². The number of nitrogen functional groups attached to an aromatic ring is 1. The van der Waals surface area contributed by atoms with E-state index in [0.717, 1.165) is 31.8 Å². The molecule has 0 aliphatic carbocycles. The van der Waals surface area contributed by atoms with E-state index >= 15 is 0 Å². The van der Waals surface area contributed by atoms with Crippen molar-refractivity contribution in [3.8, 4) is 10.7 Å². The van der Waals surface area contributed by atoms with Crippen LogP contribution >= 0.6 is 23.1 Å². The van der Waals surface area contributed by atoms with E-state index in [9.17, 15) is 0 Å². The maximum absolute atomic E-state index is 6.41. The van der Waals surface area contributed by atoms with Crippen molar-refractivity contribution in [3.63, 3.8) is 0 Å². The van der Waals surface area contributed by atoms with Gasteiger partial charge in [-0.2, -0.15) is 0 Å². The van der Waals surface area contributed by atoms with Crippen LogP contribution in [0.1, 0.15) is 11.1 Å². The van der Waals surface area contributed by atoms with Gasteiger partial charge in [-0.15, -0.1) is 21.5 Å². The predicted octanol–water partition coefficient (Wildman–Crippen LogP) is 4.38. The van der Waals surface area contributed by atoms with Gasteiger partial charge in [-0.25, -0.2) is 4.98 Å². The summed E-state index contributed by atoms with van der Waals surface area (Å²) >= 11 is 3.21. The van der Waals surface area contributed by atoms with Crippen LogP contribution in [0.25, 0.3) is 20.9 Å². The molecule has 6 nitrogen and oxygen atoms in total. The second-order valence-corrected chi connectivity index (χ2v) is 8.37. The van der Waals surface area contributed by atoms with Gasteiger partial charge in [0.15, 0.2) is 11.0 Å². The highest BCUT2D eigenvalue weighted by atomic mass is 32.2. The lowest BCUT2D eigenvalue weighted by Crippen LogP contribution is -2.07. The number of nitrogens with zero attached hydrogens (tertiary/aromatic N) is 4. The minimum atomic E-state index is 0.575. The zero-order valence-corrected chi connectivity index (χ0v) is 17.4. The average molecular weight is 412 g/mol.